The molecule has 8 nitrogen and oxygen atoms in total. The van der Waals surface area contributed by atoms with Crippen LogP contribution in [-0.4, -0.2) is 63.2 Å². The fourth-order valence-corrected chi connectivity index (χ4v) is 8.64. The zero-order valence-corrected chi connectivity index (χ0v) is 40.2. The molecule has 0 amide bonds. The Morgan fingerprint density at radius 2 is 1.02 bits per heavy atom. The van der Waals surface area contributed by atoms with E-state index in [4.69, 9.17) is 14.2 Å². The molecule has 0 unspecified atom stereocenters. The number of benzene rings is 2. The second-order valence-corrected chi connectivity index (χ2v) is 19.0. The molecule has 2 atom stereocenters. The monoisotopic (exact) mass is 869 g/mol. The van der Waals surface area contributed by atoms with Gasteiger partial charge in [0.25, 0.3) is 0 Å². The smallest absolute Gasteiger partial charge is 0.176 e. The summed E-state index contributed by atoms with van der Waals surface area (Å²) in [7, 11) is 0. The number of aryl methyl sites for hydroxylation is 2. The lowest BCUT2D eigenvalue weighted by molar-refractivity contribution is 0.0549. The van der Waals surface area contributed by atoms with Crippen LogP contribution in [0.5, 0.6) is 28.7 Å². The van der Waals surface area contributed by atoms with Crippen molar-refractivity contribution in [3.63, 3.8) is 0 Å². The fraction of sp³-hybridized carbons (Fsp3) is 0.564. The van der Waals surface area contributed by atoms with Crippen molar-refractivity contribution in [3.8, 4) is 28.7 Å². The molecule has 8 heteroatoms. The average Bonchev–Trinajstić information content (AvgIpc) is 3.25. The van der Waals surface area contributed by atoms with Crippen molar-refractivity contribution in [2.45, 2.75) is 176 Å². The molecule has 0 spiro atoms. The maximum absolute atomic E-state index is 11.5. The number of phenols is 1. The summed E-state index contributed by atoms with van der Waals surface area (Å²) in [6.07, 6.45) is 27.8. The van der Waals surface area contributed by atoms with Crippen LogP contribution in [0.15, 0.2) is 82.0 Å². The number of aliphatic hydroxyl groups excluding tert-OH is 4. The van der Waals surface area contributed by atoms with E-state index < -0.39 is 0 Å². The number of phenolic OH excluding ortho intramolecular Hbond substituents is 1. The summed E-state index contributed by atoms with van der Waals surface area (Å²) in [5, 5.41) is 48.4. The van der Waals surface area contributed by atoms with Crippen LogP contribution in [0.25, 0.3) is 0 Å². The summed E-state index contributed by atoms with van der Waals surface area (Å²) >= 11 is 0. The molecule has 2 aromatic carbocycles. The van der Waals surface area contributed by atoms with Gasteiger partial charge in [0.05, 0.1) is 26.4 Å². The first-order chi connectivity index (χ1) is 30.0. The quantitative estimate of drug-likeness (QED) is 0.0660. The van der Waals surface area contributed by atoms with Gasteiger partial charge in [0, 0.05) is 11.1 Å². The van der Waals surface area contributed by atoms with Gasteiger partial charge in [0.2, 0.25) is 0 Å². The van der Waals surface area contributed by atoms with Crippen molar-refractivity contribution in [2.24, 2.45) is 0 Å². The molecule has 5 N–H and O–H groups in total. The predicted octanol–water partition coefficient (Wildman–Crippen LogP) is 12.6. The first kappa shape index (κ1) is 51.6. The number of allylic oxidation sites excluding steroid dienone is 10. The maximum Gasteiger partial charge on any atom is 0.176 e. The van der Waals surface area contributed by atoms with E-state index in [0.717, 1.165) is 142 Å². The van der Waals surface area contributed by atoms with Crippen LogP contribution in [0.3, 0.4) is 0 Å². The summed E-state index contributed by atoms with van der Waals surface area (Å²) < 4.78 is 20.3. The van der Waals surface area contributed by atoms with Gasteiger partial charge in [0.15, 0.2) is 11.5 Å². The zero-order valence-electron chi connectivity index (χ0n) is 40.2. The predicted molar refractivity (Wildman–Crippen MR) is 258 cm³/mol. The highest BCUT2D eigenvalue weighted by molar-refractivity contribution is 5.64. The van der Waals surface area contributed by atoms with Crippen molar-refractivity contribution >= 4 is 0 Å². The van der Waals surface area contributed by atoms with Gasteiger partial charge in [-0.05, 0) is 205 Å². The topological polar surface area (TPSA) is 129 Å². The second-order valence-electron chi connectivity index (χ2n) is 19.0. The SMILES string of the molecule is CC(=CCCC(C)=CCC[C@]1(C)CCc2cc(Oc3c(O)c(C)c(C)c4c3CC[C@@](C)(CCC=C(C)CCC=C(C)CCC=C(CO)CO)O4)cc(C)c2O1)CCC=C(CO)CO. The summed E-state index contributed by atoms with van der Waals surface area (Å²) in [6.45, 7) is 18.8. The standard InChI is InChI=1S/C55H80O8/c1-38(20-12-24-45(34-56)35-57)16-10-18-40(3)22-14-28-54(8)30-26-47-33-48(32-42(5)51(47)62-54)61-53-49-27-31-55(9,63-52(49)44(7)43(6)50(53)60)29-15-23-41(4)19-11-17-39(2)21-13-25-46(36-58)37-59/h16-17,22-25,32-33,56-60H,10-15,18-21,26-31,34-37H2,1-9H3/t54-,55-/m1/s1. The van der Waals surface area contributed by atoms with Gasteiger partial charge >= 0.3 is 0 Å². The van der Waals surface area contributed by atoms with Crippen LogP contribution in [0.2, 0.25) is 0 Å². The van der Waals surface area contributed by atoms with Gasteiger partial charge in [-0.2, -0.15) is 0 Å². The maximum atomic E-state index is 11.5. The molecule has 0 fully saturated rings. The van der Waals surface area contributed by atoms with Crippen LogP contribution < -0.4 is 14.2 Å². The molecule has 0 saturated carbocycles. The highest BCUT2D eigenvalue weighted by Gasteiger charge is 2.36. The van der Waals surface area contributed by atoms with E-state index in [2.05, 4.69) is 78.8 Å². The molecule has 0 bridgehead atoms. The number of fused-ring (bicyclic) bond motifs is 2. The molecule has 2 heterocycles. The van der Waals surface area contributed by atoms with Crippen LogP contribution in [-0.2, 0) is 12.8 Å². The van der Waals surface area contributed by atoms with Gasteiger partial charge in [-0.25, -0.2) is 0 Å². The van der Waals surface area contributed by atoms with Crippen molar-refractivity contribution in [3.05, 3.63) is 110 Å². The second kappa shape index (κ2) is 24.8. The highest BCUT2D eigenvalue weighted by atomic mass is 16.5. The zero-order chi connectivity index (χ0) is 46.2. The molecule has 2 aromatic rings. The van der Waals surface area contributed by atoms with Gasteiger partial charge < -0.3 is 39.7 Å². The molecule has 0 aliphatic carbocycles. The molecular formula is C55H80O8. The van der Waals surface area contributed by atoms with E-state index in [9.17, 15) is 25.5 Å². The number of aromatic hydroxyl groups is 1. The minimum Gasteiger partial charge on any atom is -0.504 e. The normalized spacial score (nSPS) is 19.2. The third-order valence-electron chi connectivity index (χ3n) is 13.2. The van der Waals surface area contributed by atoms with Crippen LogP contribution in [0.1, 0.15) is 159 Å². The number of rotatable bonds is 24. The fourth-order valence-electron chi connectivity index (χ4n) is 8.64. The molecular weight excluding hydrogens is 789 g/mol. The van der Waals surface area contributed by atoms with Crippen LogP contribution in [0, 0.1) is 20.8 Å². The Balaban J connectivity index is 1.33. The minimum atomic E-state index is -0.328. The van der Waals surface area contributed by atoms with Gasteiger partial charge in [0.1, 0.15) is 28.5 Å². The molecule has 0 radical (unpaired) electrons. The lowest BCUT2D eigenvalue weighted by Gasteiger charge is -2.38. The molecule has 348 valence electrons. The summed E-state index contributed by atoms with van der Waals surface area (Å²) in [6, 6.07) is 4.12. The van der Waals surface area contributed by atoms with Crippen molar-refractivity contribution < 1.29 is 39.7 Å². The van der Waals surface area contributed by atoms with Gasteiger partial charge in [-0.3, -0.25) is 0 Å². The number of aliphatic hydroxyl groups is 4. The summed E-state index contributed by atoms with van der Waals surface area (Å²) in [5.74, 6) is 3.15. The van der Waals surface area contributed by atoms with E-state index in [-0.39, 0.29) is 43.4 Å². The molecule has 4 rings (SSSR count). The van der Waals surface area contributed by atoms with E-state index in [1.807, 2.05) is 32.1 Å². The Bertz CT molecular complexity index is 2020. The Labute approximate surface area is 379 Å². The minimum absolute atomic E-state index is 0.0850. The third kappa shape index (κ3) is 15.6. The van der Waals surface area contributed by atoms with Crippen molar-refractivity contribution in [1.82, 2.24) is 0 Å². The average molecular weight is 869 g/mol. The van der Waals surface area contributed by atoms with E-state index in [0.29, 0.717) is 22.6 Å². The Morgan fingerprint density at radius 3 is 1.49 bits per heavy atom. The van der Waals surface area contributed by atoms with Crippen LogP contribution in [0.4, 0.5) is 0 Å². The molecule has 2 aliphatic rings. The summed E-state index contributed by atoms with van der Waals surface area (Å²) in [5.41, 5.74) is 11.0. The number of hydrogen-bond donors (Lipinski definition) is 5. The van der Waals surface area contributed by atoms with E-state index >= 15 is 0 Å². The largest absolute Gasteiger partial charge is 0.504 e. The molecule has 0 aromatic heterocycles. The number of hydrogen-bond acceptors (Lipinski definition) is 8. The van der Waals surface area contributed by atoms with E-state index in [1.165, 1.54) is 22.3 Å². The van der Waals surface area contributed by atoms with Gasteiger partial charge in [-0.15, -0.1) is 0 Å². The van der Waals surface area contributed by atoms with Crippen molar-refractivity contribution in [1.29, 1.82) is 0 Å². The van der Waals surface area contributed by atoms with Crippen molar-refractivity contribution in [2.75, 3.05) is 26.4 Å². The first-order valence-corrected chi connectivity index (χ1v) is 23.5. The molecule has 63 heavy (non-hydrogen) atoms. The molecule has 2 aliphatic heterocycles. The van der Waals surface area contributed by atoms with E-state index in [1.54, 1.807) is 0 Å². The highest BCUT2D eigenvalue weighted by Crippen LogP contribution is 2.50. The van der Waals surface area contributed by atoms with Crippen LogP contribution >= 0.6 is 0 Å². The summed E-state index contributed by atoms with van der Waals surface area (Å²) in [4.78, 5) is 0. The number of ether oxygens (including phenoxy) is 3. The lowest BCUT2D eigenvalue weighted by atomic mass is 9.86. The third-order valence-corrected chi connectivity index (χ3v) is 13.2. The Kier molecular flexibility index (Phi) is 20.3. The Hall–Kier alpha value is -4.08. The molecule has 0 saturated heterocycles. The first-order valence-electron chi connectivity index (χ1n) is 23.5. The lowest BCUT2D eigenvalue weighted by Crippen LogP contribution is -2.36. The Morgan fingerprint density at radius 1 is 0.587 bits per heavy atom. The van der Waals surface area contributed by atoms with Gasteiger partial charge in [-0.1, -0.05) is 58.7 Å².